The van der Waals surface area contributed by atoms with E-state index in [1.54, 1.807) is 13.8 Å². The Morgan fingerprint density at radius 2 is 2.00 bits per heavy atom. The molecule has 14 nitrogen and oxygen atoms in total. The molecule has 4 aromatic rings. The van der Waals surface area contributed by atoms with Gasteiger partial charge in [-0.3, -0.25) is 15.1 Å². The Bertz CT molecular complexity index is 1330. The monoisotopic (exact) mass is 366 g/mol. The van der Waals surface area contributed by atoms with Gasteiger partial charge in [0.2, 0.25) is 11.6 Å². The van der Waals surface area contributed by atoms with Crippen LogP contribution in [-0.2, 0) is 0 Å². The molecule has 0 bridgehead atoms. The highest BCUT2D eigenvalue weighted by Gasteiger charge is 2.16. The quantitative estimate of drug-likeness (QED) is 0.422. The second kappa shape index (κ2) is 5.84. The van der Waals surface area contributed by atoms with Crippen LogP contribution in [0.3, 0.4) is 0 Å². The molecule has 134 valence electrons. The number of aryl methyl sites for hydroxylation is 2. The summed E-state index contributed by atoms with van der Waals surface area (Å²) >= 11 is 0. The fourth-order valence-corrected chi connectivity index (χ4v) is 2.40. The molecule has 0 spiro atoms. The summed E-state index contributed by atoms with van der Waals surface area (Å²) in [7, 11) is 0. The van der Waals surface area contributed by atoms with Gasteiger partial charge in [-0.25, -0.2) is 14.6 Å². The second-order valence-corrected chi connectivity index (χ2v) is 5.40. The molecular weight excluding hydrogens is 356 g/mol. The Hall–Kier alpha value is -4.41. The van der Waals surface area contributed by atoms with Gasteiger partial charge in [0.25, 0.3) is 0 Å². The van der Waals surface area contributed by atoms with Crippen LogP contribution in [0.15, 0.2) is 26.0 Å². The van der Waals surface area contributed by atoms with Crippen molar-refractivity contribution in [2.75, 3.05) is 0 Å². The van der Waals surface area contributed by atoms with Crippen LogP contribution in [0.25, 0.3) is 11.6 Å². The van der Waals surface area contributed by atoms with Crippen LogP contribution in [0.4, 0.5) is 11.5 Å². The summed E-state index contributed by atoms with van der Waals surface area (Å²) in [4.78, 5) is 35.0. The summed E-state index contributed by atoms with van der Waals surface area (Å²) in [5.74, 6) is 0.334. The molecule has 0 aliphatic rings. The largest absolute Gasteiger partial charge is 0.352 e. The molecule has 0 unspecified atom stereocenters. The predicted octanol–water partition coefficient (Wildman–Crippen LogP) is -0.0814. The molecule has 4 rings (SSSR count). The first-order valence-corrected chi connectivity index (χ1v) is 7.49. The average Bonchev–Trinajstić information content (AvgIpc) is 3.24. The first-order valence-electron chi connectivity index (χ1n) is 7.49. The molecule has 0 radical (unpaired) electrons. The lowest BCUT2D eigenvalue weighted by Crippen LogP contribution is -2.27. The normalized spacial score (nSPS) is 11.4. The highest BCUT2D eigenvalue weighted by molar-refractivity contribution is 5.66. The van der Waals surface area contributed by atoms with E-state index in [9.17, 15) is 14.9 Å². The van der Waals surface area contributed by atoms with Crippen LogP contribution in [0.5, 0.6) is 0 Å². The topological polar surface area (TPSA) is 191 Å². The third kappa shape index (κ3) is 2.68. The van der Waals surface area contributed by atoms with E-state index < -0.39 is 11.4 Å². The highest BCUT2D eigenvalue weighted by atomic mass is 16.2. The molecule has 0 aliphatic heterocycles. The van der Waals surface area contributed by atoms with Gasteiger partial charge in [-0.2, -0.15) is 24.7 Å². The molecule has 0 aromatic carbocycles. The molecule has 3 N–H and O–H groups in total. The number of aromatic amines is 3. The Kier molecular flexibility index (Phi) is 3.48. The lowest BCUT2D eigenvalue weighted by atomic mass is 10.4. The van der Waals surface area contributed by atoms with Gasteiger partial charge < -0.3 is 0 Å². The number of nitrogens with one attached hydrogen (secondary N) is 3. The fraction of sp³-hybridized carbons (Fsp3) is 0.154. The number of hydrogen-bond donors (Lipinski definition) is 3. The first-order chi connectivity index (χ1) is 13.0. The maximum absolute atomic E-state index is 11.5. The maximum atomic E-state index is 11.5. The molecule has 14 heteroatoms. The Balaban J connectivity index is 1.86. The highest BCUT2D eigenvalue weighted by Crippen LogP contribution is 2.27. The van der Waals surface area contributed by atoms with Crippen LogP contribution in [0, 0.1) is 25.2 Å². The summed E-state index contributed by atoms with van der Waals surface area (Å²) in [5, 5.41) is 28.5. The zero-order chi connectivity index (χ0) is 19.1. The number of azo groups is 1. The Morgan fingerprint density at radius 1 is 1.19 bits per heavy atom. The van der Waals surface area contributed by atoms with Gasteiger partial charge >= 0.3 is 11.4 Å². The summed E-state index contributed by atoms with van der Waals surface area (Å²) in [6, 6.07) is 1.92. The van der Waals surface area contributed by atoms with Gasteiger partial charge in [0.1, 0.15) is 17.5 Å². The molecule has 4 heterocycles. The van der Waals surface area contributed by atoms with Crippen LogP contribution in [0.1, 0.15) is 17.1 Å². The maximum Gasteiger partial charge on any atom is 0.352 e. The zero-order valence-electron chi connectivity index (χ0n) is 13.9. The number of hydrogen-bond acceptors (Lipinski definition) is 9. The first kappa shape index (κ1) is 16.1. The number of aromatic nitrogens is 9. The summed E-state index contributed by atoms with van der Waals surface area (Å²) < 4.78 is 2.49. The van der Waals surface area contributed by atoms with E-state index in [4.69, 9.17) is 0 Å². The molecular formula is C13H10N12O2. The van der Waals surface area contributed by atoms with E-state index in [1.807, 2.05) is 11.1 Å². The number of rotatable bonds is 3. The lowest BCUT2D eigenvalue weighted by molar-refractivity contribution is 0.765. The van der Waals surface area contributed by atoms with Gasteiger partial charge in [0, 0.05) is 0 Å². The van der Waals surface area contributed by atoms with E-state index in [0.717, 1.165) is 4.68 Å². The van der Waals surface area contributed by atoms with E-state index in [-0.39, 0.29) is 17.3 Å². The van der Waals surface area contributed by atoms with Crippen LogP contribution in [-0.4, -0.2) is 44.5 Å². The Morgan fingerprint density at radius 3 is 2.74 bits per heavy atom. The number of nitriles is 1. The van der Waals surface area contributed by atoms with Crippen molar-refractivity contribution in [2.24, 2.45) is 10.2 Å². The van der Waals surface area contributed by atoms with Gasteiger partial charge in [0.15, 0.2) is 11.5 Å². The van der Waals surface area contributed by atoms with E-state index in [1.165, 1.54) is 10.8 Å². The van der Waals surface area contributed by atoms with E-state index in [2.05, 4.69) is 40.5 Å². The van der Waals surface area contributed by atoms with Crippen molar-refractivity contribution in [1.29, 1.82) is 5.26 Å². The number of H-pyrrole nitrogens is 3. The average molecular weight is 366 g/mol. The lowest BCUT2D eigenvalue weighted by Gasteiger charge is -2.00. The predicted molar refractivity (Wildman–Crippen MR) is 88.3 cm³/mol. The molecule has 4 aromatic heterocycles. The van der Waals surface area contributed by atoms with Crippen LogP contribution < -0.4 is 11.4 Å². The van der Waals surface area contributed by atoms with Gasteiger partial charge in [0.05, 0.1) is 11.9 Å². The molecule has 0 fully saturated rings. The Labute approximate surface area is 148 Å². The summed E-state index contributed by atoms with van der Waals surface area (Å²) in [6.07, 6.45) is 1.22. The summed E-state index contributed by atoms with van der Waals surface area (Å²) in [6.45, 7) is 3.49. The minimum atomic E-state index is -0.868. The minimum absolute atomic E-state index is 0.0127. The molecule has 27 heavy (non-hydrogen) atoms. The standard InChI is InChI=1S/C13H10N12O2/c1-5-8(10-16-6(2)23-25(10)22-5)20-21-9-7(3-14)4-15-24(9)11-17-12(26)19-13(27)18-11/h4,22H,1-2H3,(H2,17,18,19,26,27). The smallest absolute Gasteiger partial charge is 0.278 e. The van der Waals surface area contributed by atoms with E-state index >= 15 is 0 Å². The number of nitrogens with zero attached hydrogens (tertiary/aromatic N) is 9. The third-order valence-electron chi connectivity index (χ3n) is 3.52. The van der Waals surface area contributed by atoms with Crippen molar-refractivity contribution in [3.8, 4) is 12.0 Å². The molecule has 0 aliphatic carbocycles. The number of fused-ring (bicyclic) bond motifs is 1. The second-order valence-electron chi connectivity index (χ2n) is 5.40. The fourth-order valence-electron chi connectivity index (χ4n) is 2.40. The SMILES string of the molecule is Cc1nc2c(N=Nc3c(C#N)cnn3-c3nc(=O)[nH]c(=O)[nH]3)c(C)[nH]n2n1. The molecule has 0 atom stereocenters. The van der Waals surface area contributed by atoms with Crippen molar-refractivity contribution in [3.05, 3.63) is 44.2 Å². The van der Waals surface area contributed by atoms with Crippen molar-refractivity contribution < 1.29 is 0 Å². The molecule has 0 amide bonds. The summed E-state index contributed by atoms with van der Waals surface area (Å²) in [5.41, 5.74) is -0.0399. The van der Waals surface area contributed by atoms with Crippen molar-refractivity contribution >= 4 is 17.2 Å². The van der Waals surface area contributed by atoms with Gasteiger partial charge in [-0.1, -0.05) is 0 Å². The van der Waals surface area contributed by atoms with Crippen molar-refractivity contribution in [1.82, 2.24) is 44.5 Å². The van der Waals surface area contributed by atoms with E-state index in [0.29, 0.717) is 22.9 Å². The van der Waals surface area contributed by atoms with Crippen molar-refractivity contribution in [2.45, 2.75) is 13.8 Å². The zero-order valence-corrected chi connectivity index (χ0v) is 13.9. The molecule has 0 saturated heterocycles. The van der Waals surface area contributed by atoms with Crippen LogP contribution in [0.2, 0.25) is 0 Å². The van der Waals surface area contributed by atoms with Gasteiger partial charge in [-0.05, 0) is 13.8 Å². The van der Waals surface area contributed by atoms with Gasteiger partial charge in [-0.15, -0.1) is 15.3 Å². The van der Waals surface area contributed by atoms with Crippen molar-refractivity contribution in [3.63, 3.8) is 0 Å². The minimum Gasteiger partial charge on any atom is -0.278 e. The molecule has 0 saturated carbocycles. The van der Waals surface area contributed by atoms with Crippen LogP contribution >= 0.6 is 0 Å². The third-order valence-corrected chi connectivity index (χ3v) is 3.52.